The van der Waals surface area contributed by atoms with Crippen molar-refractivity contribution in [3.63, 3.8) is 0 Å². The molecule has 0 aliphatic rings. The van der Waals surface area contributed by atoms with Crippen LogP contribution in [0.5, 0.6) is 0 Å². The van der Waals surface area contributed by atoms with Crippen molar-refractivity contribution in [1.82, 2.24) is 0 Å². The first kappa shape index (κ1) is 11.8. The molecular formula is C10H5BrF3N. The van der Waals surface area contributed by atoms with Crippen molar-refractivity contribution in [1.29, 1.82) is 5.26 Å². The van der Waals surface area contributed by atoms with Gasteiger partial charge in [-0.2, -0.15) is 18.4 Å². The van der Waals surface area contributed by atoms with Gasteiger partial charge in [-0.25, -0.2) is 0 Å². The summed E-state index contributed by atoms with van der Waals surface area (Å²) in [5, 5.41) is 8.25. The van der Waals surface area contributed by atoms with Crippen LogP contribution in [0.2, 0.25) is 0 Å². The van der Waals surface area contributed by atoms with Gasteiger partial charge >= 0.3 is 6.18 Å². The molecule has 0 amide bonds. The number of halogens is 4. The number of hydrogen-bond acceptors (Lipinski definition) is 1. The van der Waals surface area contributed by atoms with Crippen molar-refractivity contribution in [2.24, 2.45) is 0 Å². The van der Waals surface area contributed by atoms with E-state index in [-0.39, 0.29) is 5.56 Å². The van der Waals surface area contributed by atoms with E-state index in [1.807, 2.05) is 0 Å². The van der Waals surface area contributed by atoms with E-state index in [1.165, 1.54) is 12.1 Å². The molecular weight excluding hydrogens is 271 g/mol. The lowest BCUT2D eigenvalue weighted by Crippen LogP contribution is -2.07. The highest BCUT2D eigenvalue weighted by Gasteiger charge is 2.32. The van der Waals surface area contributed by atoms with E-state index in [0.717, 1.165) is 18.2 Å². The van der Waals surface area contributed by atoms with Crippen molar-refractivity contribution in [3.05, 3.63) is 39.9 Å². The maximum Gasteiger partial charge on any atom is 0.417 e. The molecule has 0 saturated carbocycles. The summed E-state index contributed by atoms with van der Waals surface area (Å²) in [7, 11) is 0. The van der Waals surface area contributed by atoms with Crippen molar-refractivity contribution in [2.45, 2.75) is 6.18 Å². The van der Waals surface area contributed by atoms with Crippen LogP contribution in [0.4, 0.5) is 13.2 Å². The zero-order valence-corrected chi connectivity index (χ0v) is 8.93. The van der Waals surface area contributed by atoms with E-state index >= 15 is 0 Å². The van der Waals surface area contributed by atoms with Gasteiger partial charge in [0.1, 0.15) is 0 Å². The van der Waals surface area contributed by atoms with Gasteiger partial charge < -0.3 is 0 Å². The number of benzene rings is 1. The Morgan fingerprint density at radius 2 is 2.00 bits per heavy atom. The van der Waals surface area contributed by atoms with Crippen LogP contribution in [0.25, 0.3) is 6.08 Å². The van der Waals surface area contributed by atoms with Gasteiger partial charge in [0.05, 0.1) is 11.6 Å². The molecule has 0 spiro atoms. The molecule has 0 fully saturated rings. The summed E-state index contributed by atoms with van der Waals surface area (Å²) in [5.41, 5.74) is -0.782. The normalized spacial score (nSPS) is 11.7. The number of alkyl halides is 3. The summed E-state index contributed by atoms with van der Waals surface area (Å²) >= 11 is 2.97. The molecule has 0 unspecified atom stereocenters. The summed E-state index contributed by atoms with van der Waals surface area (Å²) in [6, 6.07) is 5.43. The Morgan fingerprint density at radius 1 is 1.33 bits per heavy atom. The highest BCUT2D eigenvalue weighted by Crippen LogP contribution is 2.34. The summed E-state index contributed by atoms with van der Waals surface area (Å²) in [4.78, 5) is 0. The van der Waals surface area contributed by atoms with Gasteiger partial charge in [-0.05, 0) is 23.8 Å². The van der Waals surface area contributed by atoms with Crippen molar-refractivity contribution in [2.75, 3.05) is 0 Å². The number of hydrogen-bond donors (Lipinski definition) is 0. The third-order valence-electron chi connectivity index (χ3n) is 1.66. The molecule has 1 aromatic rings. The van der Waals surface area contributed by atoms with E-state index in [9.17, 15) is 13.2 Å². The van der Waals surface area contributed by atoms with Crippen LogP contribution in [0, 0.1) is 11.3 Å². The maximum atomic E-state index is 12.5. The Labute approximate surface area is 93.0 Å². The molecule has 1 rings (SSSR count). The summed E-state index contributed by atoms with van der Waals surface area (Å²) in [5.74, 6) is 0. The molecule has 0 saturated heterocycles. The zero-order valence-electron chi connectivity index (χ0n) is 7.35. The Kier molecular flexibility index (Phi) is 3.53. The van der Waals surface area contributed by atoms with Crippen molar-refractivity contribution in [3.8, 4) is 6.07 Å². The lowest BCUT2D eigenvalue weighted by Gasteiger charge is -2.10. The van der Waals surface area contributed by atoms with E-state index in [1.54, 1.807) is 6.07 Å². The lowest BCUT2D eigenvalue weighted by atomic mass is 10.1. The van der Waals surface area contributed by atoms with Gasteiger partial charge in [-0.3, -0.25) is 0 Å². The average Bonchev–Trinajstić information content (AvgIpc) is 2.14. The molecule has 1 aromatic carbocycles. The summed E-state index contributed by atoms with van der Waals surface area (Å²) < 4.78 is 37.9. The minimum absolute atomic E-state index is 0.0211. The van der Waals surface area contributed by atoms with Crippen LogP contribution in [-0.4, -0.2) is 0 Å². The first-order valence-corrected chi connectivity index (χ1v) is 4.67. The zero-order chi connectivity index (χ0) is 11.5. The standard InChI is InChI=1S/C10H5BrF3N/c11-8-4-3-7(2-1-5-15)9(6-8)10(12,13)14/h1-4,6H. The molecule has 15 heavy (non-hydrogen) atoms. The second-order valence-corrected chi connectivity index (χ2v) is 3.61. The van der Waals surface area contributed by atoms with E-state index in [2.05, 4.69) is 15.9 Å². The molecule has 0 N–H and O–H groups in total. The SMILES string of the molecule is N#CC=Cc1ccc(Br)cc1C(F)(F)F. The van der Waals surface area contributed by atoms with Crippen LogP contribution in [0.15, 0.2) is 28.7 Å². The Hall–Kier alpha value is -1.28. The fourth-order valence-corrected chi connectivity index (χ4v) is 1.41. The van der Waals surface area contributed by atoms with Crippen molar-refractivity contribution < 1.29 is 13.2 Å². The fraction of sp³-hybridized carbons (Fsp3) is 0.100. The highest BCUT2D eigenvalue weighted by atomic mass is 79.9. The topological polar surface area (TPSA) is 23.8 Å². The van der Waals surface area contributed by atoms with E-state index in [4.69, 9.17) is 5.26 Å². The molecule has 0 radical (unpaired) electrons. The maximum absolute atomic E-state index is 12.5. The molecule has 0 heterocycles. The monoisotopic (exact) mass is 275 g/mol. The van der Waals surface area contributed by atoms with Crippen LogP contribution < -0.4 is 0 Å². The molecule has 0 aliphatic carbocycles. The molecule has 78 valence electrons. The summed E-state index contributed by atoms with van der Waals surface area (Å²) in [6.07, 6.45) is -2.27. The van der Waals surface area contributed by atoms with Gasteiger partial charge in [0.15, 0.2) is 0 Å². The molecule has 0 aromatic heterocycles. The third-order valence-corrected chi connectivity index (χ3v) is 2.15. The largest absolute Gasteiger partial charge is 0.417 e. The minimum Gasteiger partial charge on any atom is -0.193 e. The highest BCUT2D eigenvalue weighted by molar-refractivity contribution is 9.10. The predicted molar refractivity (Wildman–Crippen MR) is 53.8 cm³/mol. The van der Waals surface area contributed by atoms with Gasteiger partial charge in [-0.15, -0.1) is 0 Å². The predicted octanol–water partition coefficient (Wildman–Crippen LogP) is 4.00. The summed E-state index contributed by atoms with van der Waals surface area (Å²) in [6.45, 7) is 0. The number of nitrogens with zero attached hydrogens (tertiary/aromatic N) is 1. The molecule has 1 nitrogen and oxygen atoms in total. The number of allylic oxidation sites excluding steroid dienone is 1. The first-order valence-electron chi connectivity index (χ1n) is 3.88. The minimum atomic E-state index is -4.42. The van der Waals surface area contributed by atoms with E-state index in [0.29, 0.717) is 4.47 Å². The van der Waals surface area contributed by atoms with Crippen molar-refractivity contribution >= 4 is 22.0 Å². The van der Waals surface area contributed by atoms with Gasteiger partial charge in [0.25, 0.3) is 0 Å². The Morgan fingerprint density at radius 3 is 2.53 bits per heavy atom. The second kappa shape index (κ2) is 4.49. The quantitative estimate of drug-likeness (QED) is 0.711. The Bertz CT molecular complexity index is 429. The smallest absolute Gasteiger partial charge is 0.193 e. The molecule has 0 atom stereocenters. The van der Waals surface area contributed by atoms with Gasteiger partial charge in [0, 0.05) is 10.5 Å². The molecule has 5 heteroatoms. The lowest BCUT2D eigenvalue weighted by molar-refractivity contribution is -0.137. The molecule has 0 aliphatic heterocycles. The van der Waals surface area contributed by atoms with Gasteiger partial charge in [0.2, 0.25) is 0 Å². The van der Waals surface area contributed by atoms with E-state index < -0.39 is 11.7 Å². The average molecular weight is 276 g/mol. The molecule has 0 bridgehead atoms. The van der Waals surface area contributed by atoms with Crippen LogP contribution in [0.1, 0.15) is 11.1 Å². The fourth-order valence-electron chi connectivity index (χ4n) is 1.05. The third kappa shape index (κ3) is 3.10. The number of rotatable bonds is 1. The van der Waals surface area contributed by atoms with Crippen LogP contribution in [0.3, 0.4) is 0 Å². The van der Waals surface area contributed by atoms with Crippen LogP contribution in [-0.2, 0) is 6.18 Å². The van der Waals surface area contributed by atoms with Gasteiger partial charge in [-0.1, -0.05) is 22.0 Å². The second-order valence-electron chi connectivity index (χ2n) is 2.69. The Balaban J connectivity index is 3.28. The first-order chi connectivity index (χ1) is 6.95. The number of nitriles is 1. The van der Waals surface area contributed by atoms with Crippen LogP contribution >= 0.6 is 15.9 Å².